The van der Waals surface area contributed by atoms with Gasteiger partial charge in [0.1, 0.15) is 0 Å². The monoisotopic (exact) mass is 349 g/mol. The number of halogens is 3. The number of nitrogens with zero attached hydrogens (tertiary/aromatic N) is 5. The fourth-order valence-corrected chi connectivity index (χ4v) is 2.70. The highest BCUT2D eigenvalue weighted by Crippen LogP contribution is 2.30. The Morgan fingerprint density at radius 3 is 2.24 bits per heavy atom. The van der Waals surface area contributed by atoms with E-state index in [-0.39, 0.29) is 5.65 Å². The zero-order valence-electron chi connectivity index (χ0n) is 14.4. The van der Waals surface area contributed by atoms with E-state index in [9.17, 15) is 13.2 Å². The van der Waals surface area contributed by atoms with Gasteiger partial charge in [-0.2, -0.15) is 17.7 Å². The summed E-state index contributed by atoms with van der Waals surface area (Å²) < 4.78 is 40.2. The molecule has 3 rings (SSSR count). The molecule has 0 bridgehead atoms. The zero-order chi connectivity index (χ0) is 18.4. The Morgan fingerprint density at radius 2 is 1.64 bits per heavy atom. The van der Waals surface area contributed by atoms with E-state index in [0.717, 1.165) is 21.2 Å². The highest BCUT2D eigenvalue weighted by molar-refractivity contribution is 5.59. The highest BCUT2D eigenvalue weighted by Gasteiger charge is 2.38. The van der Waals surface area contributed by atoms with Gasteiger partial charge in [0.25, 0.3) is 5.82 Å². The van der Waals surface area contributed by atoms with Crippen molar-refractivity contribution in [3.63, 3.8) is 0 Å². The van der Waals surface area contributed by atoms with Gasteiger partial charge < -0.3 is 4.90 Å². The molecule has 0 unspecified atom stereocenters. The van der Waals surface area contributed by atoms with Gasteiger partial charge in [-0.3, -0.25) is 0 Å². The zero-order valence-corrected chi connectivity index (χ0v) is 14.4. The molecule has 1 aromatic carbocycles. The molecule has 0 atom stereocenters. The summed E-state index contributed by atoms with van der Waals surface area (Å²) in [6, 6.07) is 7.98. The van der Waals surface area contributed by atoms with Crippen LogP contribution in [0.25, 0.3) is 5.65 Å². The summed E-state index contributed by atoms with van der Waals surface area (Å²) in [6.07, 6.45) is -4.61. The van der Waals surface area contributed by atoms with Crippen molar-refractivity contribution in [2.24, 2.45) is 0 Å². The summed E-state index contributed by atoms with van der Waals surface area (Å²) >= 11 is 0. The van der Waals surface area contributed by atoms with Crippen LogP contribution in [0.5, 0.6) is 0 Å². The van der Waals surface area contributed by atoms with Gasteiger partial charge in [-0.25, -0.2) is 0 Å². The van der Waals surface area contributed by atoms with Crippen LogP contribution in [0.3, 0.4) is 0 Å². The van der Waals surface area contributed by atoms with Crippen LogP contribution in [-0.2, 0) is 12.7 Å². The molecule has 0 aliphatic carbocycles. The van der Waals surface area contributed by atoms with Gasteiger partial charge in [-0.1, -0.05) is 29.8 Å². The first kappa shape index (κ1) is 17.2. The van der Waals surface area contributed by atoms with E-state index >= 15 is 0 Å². The van der Waals surface area contributed by atoms with Crippen molar-refractivity contribution in [3.05, 3.63) is 52.3 Å². The van der Waals surface area contributed by atoms with Gasteiger partial charge in [-0.15, -0.1) is 15.3 Å². The Labute approximate surface area is 143 Å². The van der Waals surface area contributed by atoms with Gasteiger partial charge in [-0.05, 0) is 26.3 Å². The summed E-state index contributed by atoms with van der Waals surface area (Å²) in [5.74, 6) is -0.647. The Bertz CT molecular complexity index is 913. The molecule has 3 aromatic rings. The molecule has 0 aliphatic heterocycles. The van der Waals surface area contributed by atoms with Crippen LogP contribution in [0.15, 0.2) is 24.3 Å². The molecule has 0 saturated heterocycles. The molecule has 0 spiro atoms. The average molecular weight is 349 g/mol. The quantitative estimate of drug-likeness (QED) is 0.723. The van der Waals surface area contributed by atoms with Crippen molar-refractivity contribution in [1.29, 1.82) is 0 Å². The molecule has 0 aliphatic rings. The van der Waals surface area contributed by atoms with Crippen molar-refractivity contribution in [3.8, 4) is 0 Å². The summed E-state index contributed by atoms with van der Waals surface area (Å²) in [6.45, 7) is 6.08. The van der Waals surface area contributed by atoms with Gasteiger partial charge in [0, 0.05) is 24.7 Å². The third kappa shape index (κ3) is 3.16. The molecule has 132 valence electrons. The molecule has 0 fully saturated rings. The molecule has 0 saturated carbocycles. The lowest BCUT2D eigenvalue weighted by atomic mass is 10.1. The summed E-state index contributed by atoms with van der Waals surface area (Å²) in [5.41, 5.74) is 3.73. The van der Waals surface area contributed by atoms with Crippen molar-refractivity contribution >= 4 is 11.5 Å². The first-order chi connectivity index (χ1) is 11.7. The van der Waals surface area contributed by atoms with Gasteiger partial charge in [0.15, 0.2) is 11.5 Å². The summed E-state index contributed by atoms with van der Waals surface area (Å²) in [7, 11) is 1.80. The highest BCUT2D eigenvalue weighted by atomic mass is 19.4. The standard InChI is InChI=1S/C17H18F3N5/c1-10-5-7-13(8-6-10)9-24(4)15-12(3)11(2)14-21-22-16(17(18,19)20)25(14)23-15/h5-8H,9H2,1-4H3. The predicted octanol–water partition coefficient (Wildman–Crippen LogP) is 3.70. The lowest BCUT2D eigenvalue weighted by Crippen LogP contribution is -2.22. The maximum absolute atomic E-state index is 13.1. The average Bonchev–Trinajstić information content (AvgIpc) is 2.97. The number of alkyl halides is 3. The van der Waals surface area contributed by atoms with Crippen molar-refractivity contribution in [2.75, 3.05) is 11.9 Å². The second-order valence-corrected chi connectivity index (χ2v) is 6.17. The minimum atomic E-state index is -4.61. The first-order valence-corrected chi connectivity index (χ1v) is 7.75. The normalized spacial score (nSPS) is 12.0. The van der Waals surface area contributed by atoms with Gasteiger partial charge in [0.05, 0.1) is 0 Å². The molecule has 0 radical (unpaired) electrons. The number of fused-ring (bicyclic) bond motifs is 1. The summed E-state index contributed by atoms with van der Waals surface area (Å²) in [4.78, 5) is 1.83. The Morgan fingerprint density at radius 1 is 1.00 bits per heavy atom. The predicted molar refractivity (Wildman–Crippen MR) is 88.5 cm³/mol. The number of benzene rings is 1. The lowest BCUT2D eigenvalue weighted by molar-refractivity contribution is -0.146. The minimum Gasteiger partial charge on any atom is -0.354 e. The topological polar surface area (TPSA) is 46.3 Å². The second-order valence-electron chi connectivity index (χ2n) is 6.17. The maximum atomic E-state index is 13.1. The maximum Gasteiger partial charge on any atom is 0.453 e. The van der Waals surface area contributed by atoms with E-state index < -0.39 is 12.0 Å². The fraction of sp³-hybridized carbons (Fsp3) is 0.353. The van der Waals surface area contributed by atoms with Crippen LogP contribution in [0.2, 0.25) is 0 Å². The third-order valence-electron chi connectivity index (χ3n) is 4.22. The molecule has 5 nitrogen and oxygen atoms in total. The van der Waals surface area contributed by atoms with E-state index in [1.165, 1.54) is 0 Å². The smallest absolute Gasteiger partial charge is 0.354 e. The van der Waals surface area contributed by atoms with Crippen molar-refractivity contribution < 1.29 is 13.2 Å². The molecule has 0 amide bonds. The fourth-order valence-electron chi connectivity index (χ4n) is 2.70. The molecular formula is C17H18F3N5. The number of hydrogen-bond donors (Lipinski definition) is 0. The van der Waals surface area contributed by atoms with Gasteiger partial charge in [0.2, 0.25) is 0 Å². The number of aromatic nitrogens is 4. The van der Waals surface area contributed by atoms with E-state index in [2.05, 4.69) is 15.3 Å². The molecular weight excluding hydrogens is 331 g/mol. The second kappa shape index (κ2) is 6.02. The van der Waals surface area contributed by atoms with E-state index in [0.29, 0.717) is 17.9 Å². The largest absolute Gasteiger partial charge is 0.453 e. The number of hydrogen-bond acceptors (Lipinski definition) is 4. The van der Waals surface area contributed by atoms with Crippen LogP contribution < -0.4 is 4.90 Å². The Hall–Kier alpha value is -2.64. The van der Waals surface area contributed by atoms with Crippen LogP contribution >= 0.6 is 0 Å². The van der Waals surface area contributed by atoms with E-state index in [1.807, 2.05) is 43.0 Å². The molecule has 8 heteroatoms. The lowest BCUT2D eigenvalue weighted by Gasteiger charge is -2.21. The van der Waals surface area contributed by atoms with E-state index in [1.54, 1.807) is 14.0 Å². The molecule has 2 aromatic heterocycles. The number of anilines is 1. The van der Waals surface area contributed by atoms with Crippen LogP contribution in [0.4, 0.5) is 19.0 Å². The van der Waals surface area contributed by atoms with Crippen LogP contribution in [-0.4, -0.2) is 26.9 Å². The van der Waals surface area contributed by atoms with Crippen molar-refractivity contribution in [2.45, 2.75) is 33.5 Å². The molecule has 2 heterocycles. The van der Waals surface area contributed by atoms with Crippen molar-refractivity contribution in [1.82, 2.24) is 19.8 Å². The van der Waals surface area contributed by atoms with E-state index in [4.69, 9.17) is 0 Å². The number of rotatable bonds is 3. The molecule has 25 heavy (non-hydrogen) atoms. The van der Waals surface area contributed by atoms with Crippen LogP contribution in [0, 0.1) is 20.8 Å². The minimum absolute atomic E-state index is 0.123. The Balaban J connectivity index is 2.05. The first-order valence-electron chi connectivity index (χ1n) is 7.75. The Kier molecular flexibility index (Phi) is 4.14. The van der Waals surface area contributed by atoms with Crippen LogP contribution in [0.1, 0.15) is 28.1 Å². The van der Waals surface area contributed by atoms with Gasteiger partial charge >= 0.3 is 6.18 Å². The SMILES string of the molecule is Cc1ccc(CN(C)c2nn3c(C(F)(F)F)nnc3c(C)c2C)cc1. The third-order valence-corrected chi connectivity index (χ3v) is 4.22. The number of aryl methyl sites for hydroxylation is 2. The summed E-state index contributed by atoms with van der Waals surface area (Å²) in [5, 5.41) is 11.1. The molecule has 0 N–H and O–H groups in total.